The molecule has 0 aliphatic heterocycles. The maximum atomic E-state index is 5.78. The highest BCUT2D eigenvalue weighted by molar-refractivity contribution is 9.10. The van der Waals surface area contributed by atoms with Gasteiger partial charge in [0, 0.05) is 41.8 Å². The van der Waals surface area contributed by atoms with Crippen LogP contribution in [0.3, 0.4) is 0 Å². The molecule has 0 bridgehead atoms. The number of nitrogens with two attached hydrogens (primary N) is 1. The van der Waals surface area contributed by atoms with Crippen molar-refractivity contribution < 1.29 is 0 Å². The number of halogens is 1. The van der Waals surface area contributed by atoms with Gasteiger partial charge in [-0.25, -0.2) is 0 Å². The molecule has 0 saturated carbocycles. The van der Waals surface area contributed by atoms with Gasteiger partial charge in [-0.1, -0.05) is 0 Å². The molecule has 1 atom stereocenters. The van der Waals surface area contributed by atoms with E-state index in [0.29, 0.717) is 0 Å². The molecule has 0 aromatic carbocycles. The summed E-state index contributed by atoms with van der Waals surface area (Å²) in [5.74, 6) is 0. The van der Waals surface area contributed by atoms with Crippen molar-refractivity contribution in [1.29, 1.82) is 0 Å². The van der Waals surface area contributed by atoms with Crippen LogP contribution in [0.15, 0.2) is 41.4 Å². The SMILES string of the molecule is CC(N)Cc1ccn(Cc2cncc(Br)c2)c1. The first-order valence-electron chi connectivity index (χ1n) is 5.63. The largest absolute Gasteiger partial charge is 0.350 e. The van der Waals surface area contributed by atoms with Crippen molar-refractivity contribution in [2.45, 2.75) is 25.9 Å². The van der Waals surface area contributed by atoms with Gasteiger partial charge in [0.2, 0.25) is 0 Å². The Balaban J connectivity index is 2.06. The van der Waals surface area contributed by atoms with E-state index in [1.54, 1.807) is 6.20 Å². The first-order chi connectivity index (χ1) is 8.13. The third-order valence-corrected chi connectivity index (χ3v) is 2.93. The van der Waals surface area contributed by atoms with Crippen LogP contribution in [0.5, 0.6) is 0 Å². The minimum absolute atomic E-state index is 0.207. The van der Waals surface area contributed by atoms with E-state index in [4.69, 9.17) is 5.73 Å². The summed E-state index contributed by atoms with van der Waals surface area (Å²) in [5, 5.41) is 0. The monoisotopic (exact) mass is 293 g/mol. The fourth-order valence-electron chi connectivity index (χ4n) is 1.83. The fourth-order valence-corrected chi connectivity index (χ4v) is 2.25. The number of nitrogens with zero attached hydrogens (tertiary/aromatic N) is 2. The lowest BCUT2D eigenvalue weighted by Gasteiger charge is -2.04. The van der Waals surface area contributed by atoms with Gasteiger partial charge < -0.3 is 10.3 Å². The van der Waals surface area contributed by atoms with Crippen molar-refractivity contribution in [3.05, 3.63) is 52.5 Å². The molecule has 90 valence electrons. The molecule has 0 spiro atoms. The molecule has 0 fully saturated rings. The van der Waals surface area contributed by atoms with Gasteiger partial charge in [0.25, 0.3) is 0 Å². The number of hydrogen-bond donors (Lipinski definition) is 1. The average molecular weight is 294 g/mol. The molecule has 2 rings (SSSR count). The van der Waals surface area contributed by atoms with E-state index in [2.05, 4.69) is 50.0 Å². The van der Waals surface area contributed by atoms with E-state index in [-0.39, 0.29) is 6.04 Å². The molecule has 0 radical (unpaired) electrons. The van der Waals surface area contributed by atoms with Crippen LogP contribution in [-0.2, 0) is 13.0 Å². The zero-order chi connectivity index (χ0) is 12.3. The quantitative estimate of drug-likeness (QED) is 0.942. The predicted molar refractivity (Wildman–Crippen MR) is 72.8 cm³/mol. The predicted octanol–water partition coefficient (Wildman–Crippen LogP) is 2.58. The molecular weight excluding hydrogens is 278 g/mol. The van der Waals surface area contributed by atoms with E-state index in [1.807, 2.05) is 13.1 Å². The lowest BCUT2D eigenvalue weighted by atomic mass is 10.1. The van der Waals surface area contributed by atoms with Crippen LogP contribution in [-0.4, -0.2) is 15.6 Å². The Morgan fingerprint density at radius 3 is 2.94 bits per heavy atom. The Kier molecular flexibility index (Phi) is 3.97. The van der Waals surface area contributed by atoms with Crippen LogP contribution < -0.4 is 5.73 Å². The number of rotatable bonds is 4. The third-order valence-electron chi connectivity index (χ3n) is 2.50. The molecule has 2 aromatic rings. The van der Waals surface area contributed by atoms with Gasteiger partial charge in [-0.15, -0.1) is 0 Å². The molecule has 4 heteroatoms. The molecule has 17 heavy (non-hydrogen) atoms. The molecule has 0 amide bonds. The Hall–Kier alpha value is -1.13. The highest BCUT2D eigenvalue weighted by atomic mass is 79.9. The van der Waals surface area contributed by atoms with Crippen molar-refractivity contribution in [3.8, 4) is 0 Å². The molecule has 3 nitrogen and oxygen atoms in total. The summed E-state index contributed by atoms with van der Waals surface area (Å²) in [6.07, 6.45) is 8.82. The van der Waals surface area contributed by atoms with E-state index in [9.17, 15) is 0 Å². The van der Waals surface area contributed by atoms with Crippen LogP contribution >= 0.6 is 15.9 Å². The normalized spacial score (nSPS) is 12.6. The first-order valence-corrected chi connectivity index (χ1v) is 6.42. The van der Waals surface area contributed by atoms with E-state index >= 15 is 0 Å². The summed E-state index contributed by atoms with van der Waals surface area (Å²) in [4.78, 5) is 4.16. The van der Waals surface area contributed by atoms with Gasteiger partial charge in [-0.3, -0.25) is 4.98 Å². The van der Waals surface area contributed by atoms with E-state index in [1.165, 1.54) is 11.1 Å². The molecule has 0 aliphatic rings. The minimum Gasteiger partial charge on any atom is -0.350 e. The van der Waals surface area contributed by atoms with Gasteiger partial charge in [0.15, 0.2) is 0 Å². The first kappa shape index (κ1) is 12.3. The van der Waals surface area contributed by atoms with Gasteiger partial charge >= 0.3 is 0 Å². The average Bonchev–Trinajstić information content (AvgIpc) is 2.64. The maximum absolute atomic E-state index is 5.78. The van der Waals surface area contributed by atoms with Crippen LogP contribution in [0.1, 0.15) is 18.1 Å². The van der Waals surface area contributed by atoms with Crippen molar-refractivity contribution in [3.63, 3.8) is 0 Å². The molecule has 2 N–H and O–H groups in total. The summed E-state index contributed by atoms with van der Waals surface area (Å²) >= 11 is 3.43. The molecular formula is C13H16BrN3. The molecule has 2 heterocycles. The second-order valence-electron chi connectivity index (χ2n) is 4.38. The Morgan fingerprint density at radius 1 is 1.41 bits per heavy atom. The van der Waals surface area contributed by atoms with Gasteiger partial charge in [-0.05, 0) is 52.5 Å². The van der Waals surface area contributed by atoms with Crippen molar-refractivity contribution in [2.24, 2.45) is 5.73 Å². The topological polar surface area (TPSA) is 43.8 Å². The van der Waals surface area contributed by atoms with E-state index < -0.39 is 0 Å². The number of hydrogen-bond acceptors (Lipinski definition) is 2. The van der Waals surface area contributed by atoms with Crippen LogP contribution in [0.2, 0.25) is 0 Å². The summed E-state index contributed by atoms with van der Waals surface area (Å²) in [5.41, 5.74) is 8.24. The van der Waals surface area contributed by atoms with Gasteiger partial charge in [0.1, 0.15) is 0 Å². The lowest BCUT2D eigenvalue weighted by molar-refractivity contribution is 0.731. The third kappa shape index (κ3) is 3.68. The van der Waals surface area contributed by atoms with Crippen molar-refractivity contribution in [1.82, 2.24) is 9.55 Å². The molecule has 1 unspecified atom stereocenters. The smallest absolute Gasteiger partial charge is 0.0485 e. The zero-order valence-corrected chi connectivity index (χ0v) is 11.4. The number of pyridine rings is 1. The minimum atomic E-state index is 0.207. The fraction of sp³-hybridized carbons (Fsp3) is 0.308. The Labute approximate surface area is 110 Å². The van der Waals surface area contributed by atoms with Crippen molar-refractivity contribution >= 4 is 15.9 Å². The van der Waals surface area contributed by atoms with Crippen LogP contribution in [0.25, 0.3) is 0 Å². The highest BCUT2D eigenvalue weighted by Gasteiger charge is 2.01. The van der Waals surface area contributed by atoms with Gasteiger partial charge in [0.05, 0.1) is 0 Å². The molecule has 2 aromatic heterocycles. The Bertz CT molecular complexity index is 491. The molecule has 0 aliphatic carbocycles. The van der Waals surface area contributed by atoms with E-state index in [0.717, 1.165) is 17.4 Å². The summed E-state index contributed by atoms with van der Waals surface area (Å²) < 4.78 is 3.17. The highest BCUT2D eigenvalue weighted by Crippen LogP contribution is 2.12. The van der Waals surface area contributed by atoms with Crippen molar-refractivity contribution in [2.75, 3.05) is 0 Å². The summed E-state index contributed by atoms with van der Waals surface area (Å²) in [7, 11) is 0. The van der Waals surface area contributed by atoms with Gasteiger partial charge in [-0.2, -0.15) is 0 Å². The second kappa shape index (κ2) is 5.47. The second-order valence-corrected chi connectivity index (χ2v) is 5.30. The summed E-state index contributed by atoms with van der Waals surface area (Å²) in [6, 6.07) is 4.41. The summed E-state index contributed by atoms with van der Waals surface area (Å²) in [6.45, 7) is 2.86. The maximum Gasteiger partial charge on any atom is 0.0485 e. The zero-order valence-electron chi connectivity index (χ0n) is 9.81. The van der Waals surface area contributed by atoms with Crippen LogP contribution in [0, 0.1) is 0 Å². The number of aromatic nitrogens is 2. The van der Waals surface area contributed by atoms with Crippen LogP contribution in [0.4, 0.5) is 0 Å². The lowest BCUT2D eigenvalue weighted by Crippen LogP contribution is -2.17. The molecule has 0 saturated heterocycles. The Morgan fingerprint density at radius 2 is 2.24 bits per heavy atom. The standard InChI is InChI=1S/C13H16BrN3/c1-10(15)4-11-2-3-17(8-11)9-12-5-13(14)7-16-6-12/h2-3,5-8,10H,4,9,15H2,1H3.